The highest BCUT2D eigenvalue weighted by atomic mass is 19.3. The number of amides is 1. The van der Waals surface area contributed by atoms with Gasteiger partial charge in [-0.25, -0.2) is 13.6 Å². The van der Waals surface area contributed by atoms with Crippen molar-refractivity contribution in [3.8, 4) is 11.1 Å². The monoisotopic (exact) mass is 345 g/mol. The molecule has 0 saturated carbocycles. The summed E-state index contributed by atoms with van der Waals surface area (Å²) in [6.07, 6.45) is -0.00981. The number of hydrogen-bond acceptors (Lipinski definition) is 2. The van der Waals surface area contributed by atoms with Crippen LogP contribution in [0.3, 0.4) is 0 Å². The Morgan fingerprint density at radius 3 is 2.32 bits per heavy atom. The molecule has 1 saturated heterocycles. The molecule has 6 heteroatoms. The van der Waals surface area contributed by atoms with Crippen molar-refractivity contribution in [2.45, 2.75) is 18.8 Å². The zero-order chi connectivity index (χ0) is 18.0. The molecule has 2 aromatic carbocycles. The van der Waals surface area contributed by atoms with Crippen molar-refractivity contribution < 1.29 is 23.5 Å². The minimum atomic E-state index is -2.90. The van der Waals surface area contributed by atoms with Gasteiger partial charge in [-0.15, -0.1) is 0 Å². The third-order valence-corrected chi connectivity index (χ3v) is 4.21. The molecular formula is C19H17F2NO3. The van der Waals surface area contributed by atoms with Crippen molar-refractivity contribution in [3.63, 3.8) is 0 Å². The lowest BCUT2D eigenvalue weighted by Crippen LogP contribution is -2.45. The standard InChI is InChI=1S/C19H17F2NO3/c20-19(21)7-4-8-22(12-19)17(23)15-9-14(10-16(11-15)18(24)25)13-5-2-1-3-6-13/h1-3,5-6,9-11H,4,7-8,12H2,(H,24,25). The molecule has 1 N–H and O–H groups in total. The molecular weight excluding hydrogens is 328 g/mol. The molecule has 1 amide bonds. The Morgan fingerprint density at radius 2 is 1.68 bits per heavy atom. The largest absolute Gasteiger partial charge is 0.478 e. The van der Waals surface area contributed by atoms with Crippen molar-refractivity contribution in [3.05, 3.63) is 59.7 Å². The van der Waals surface area contributed by atoms with Gasteiger partial charge in [-0.3, -0.25) is 4.79 Å². The molecule has 3 rings (SSSR count). The van der Waals surface area contributed by atoms with E-state index in [-0.39, 0.29) is 30.5 Å². The molecule has 1 fully saturated rings. The van der Waals surface area contributed by atoms with Gasteiger partial charge < -0.3 is 10.0 Å². The van der Waals surface area contributed by atoms with Gasteiger partial charge in [0.15, 0.2) is 0 Å². The fraction of sp³-hybridized carbons (Fsp3) is 0.263. The lowest BCUT2D eigenvalue weighted by molar-refractivity contribution is -0.0560. The molecule has 0 unspecified atom stereocenters. The summed E-state index contributed by atoms with van der Waals surface area (Å²) in [5.41, 5.74) is 1.38. The predicted octanol–water partition coefficient (Wildman–Crippen LogP) is 3.92. The Balaban J connectivity index is 1.99. The van der Waals surface area contributed by atoms with E-state index in [2.05, 4.69) is 0 Å². The van der Waals surface area contributed by atoms with Crippen molar-refractivity contribution in [1.82, 2.24) is 4.90 Å². The van der Waals surface area contributed by atoms with Crippen LogP contribution in [0.4, 0.5) is 8.78 Å². The van der Waals surface area contributed by atoms with Crippen molar-refractivity contribution in [1.29, 1.82) is 0 Å². The van der Waals surface area contributed by atoms with E-state index < -0.39 is 24.3 Å². The minimum absolute atomic E-state index is 0.0477. The maximum Gasteiger partial charge on any atom is 0.335 e. The van der Waals surface area contributed by atoms with Crippen molar-refractivity contribution in [2.24, 2.45) is 0 Å². The molecule has 0 aromatic heterocycles. The van der Waals surface area contributed by atoms with Crippen LogP contribution in [0.15, 0.2) is 48.5 Å². The summed E-state index contributed by atoms with van der Waals surface area (Å²) in [7, 11) is 0. The van der Waals surface area contributed by atoms with E-state index in [4.69, 9.17) is 0 Å². The number of hydrogen-bond donors (Lipinski definition) is 1. The second-order valence-electron chi connectivity index (χ2n) is 6.16. The van der Waals surface area contributed by atoms with Gasteiger partial charge in [0.25, 0.3) is 11.8 Å². The quantitative estimate of drug-likeness (QED) is 0.917. The number of alkyl halides is 2. The third-order valence-electron chi connectivity index (χ3n) is 4.21. The highest BCUT2D eigenvalue weighted by molar-refractivity contribution is 5.99. The summed E-state index contributed by atoms with van der Waals surface area (Å²) < 4.78 is 27.2. The summed E-state index contributed by atoms with van der Waals surface area (Å²) in [4.78, 5) is 25.1. The van der Waals surface area contributed by atoms with Crippen LogP contribution in [0.1, 0.15) is 33.6 Å². The van der Waals surface area contributed by atoms with Gasteiger partial charge in [-0.1, -0.05) is 30.3 Å². The molecule has 1 aliphatic rings. The number of benzene rings is 2. The minimum Gasteiger partial charge on any atom is -0.478 e. The first-order valence-electron chi connectivity index (χ1n) is 7.97. The van der Waals surface area contributed by atoms with E-state index in [9.17, 15) is 23.5 Å². The van der Waals surface area contributed by atoms with Gasteiger partial charge in [-0.2, -0.15) is 0 Å². The second-order valence-corrected chi connectivity index (χ2v) is 6.16. The highest BCUT2D eigenvalue weighted by Gasteiger charge is 2.37. The van der Waals surface area contributed by atoms with Crippen molar-refractivity contribution in [2.75, 3.05) is 13.1 Å². The molecule has 0 aliphatic carbocycles. The number of carboxylic acid groups (broad SMARTS) is 1. The van der Waals surface area contributed by atoms with Gasteiger partial charge >= 0.3 is 5.97 Å². The van der Waals surface area contributed by atoms with Crippen LogP contribution < -0.4 is 0 Å². The van der Waals surface area contributed by atoms with Crippen LogP contribution in [-0.4, -0.2) is 40.9 Å². The lowest BCUT2D eigenvalue weighted by atomic mass is 9.98. The Hall–Kier alpha value is -2.76. The molecule has 4 nitrogen and oxygen atoms in total. The molecule has 0 spiro atoms. The number of carbonyl (C=O) groups is 2. The maximum atomic E-state index is 13.6. The van der Waals surface area contributed by atoms with Gasteiger partial charge in [-0.05, 0) is 35.7 Å². The van der Waals surface area contributed by atoms with Crippen molar-refractivity contribution >= 4 is 11.9 Å². The van der Waals surface area contributed by atoms with Crippen LogP contribution >= 0.6 is 0 Å². The molecule has 0 radical (unpaired) electrons. The molecule has 130 valence electrons. The molecule has 25 heavy (non-hydrogen) atoms. The average molecular weight is 345 g/mol. The summed E-state index contributed by atoms with van der Waals surface area (Å²) >= 11 is 0. The normalized spacial score (nSPS) is 16.5. The SMILES string of the molecule is O=C(O)c1cc(C(=O)N2CCCC(F)(F)C2)cc(-c2ccccc2)c1. The first-order chi connectivity index (χ1) is 11.9. The highest BCUT2D eigenvalue weighted by Crippen LogP contribution is 2.29. The molecule has 1 heterocycles. The maximum absolute atomic E-state index is 13.6. The van der Waals surface area contributed by atoms with Gasteiger partial charge in [0.05, 0.1) is 12.1 Å². The molecule has 0 atom stereocenters. The Kier molecular flexibility index (Phi) is 4.53. The first kappa shape index (κ1) is 17.1. The second kappa shape index (κ2) is 6.63. The molecule has 0 bridgehead atoms. The van der Waals surface area contributed by atoms with Crippen LogP contribution in [0, 0.1) is 0 Å². The van der Waals surface area contributed by atoms with E-state index in [0.29, 0.717) is 5.56 Å². The van der Waals surface area contributed by atoms with Gasteiger partial charge in [0.2, 0.25) is 0 Å². The van der Waals surface area contributed by atoms with E-state index in [1.54, 1.807) is 30.3 Å². The average Bonchev–Trinajstić information content (AvgIpc) is 2.60. The fourth-order valence-electron chi connectivity index (χ4n) is 2.99. The summed E-state index contributed by atoms with van der Waals surface area (Å²) in [5, 5.41) is 9.31. The fourth-order valence-corrected chi connectivity index (χ4v) is 2.99. The summed E-state index contributed by atoms with van der Waals surface area (Å²) in [6.45, 7) is -0.393. The molecule has 2 aromatic rings. The number of likely N-dealkylation sites (tertiary alicyclic amines) is 1. The number of carbonyl (C=O) groups excluding carboxylic acids is 1. The number of halogens is 2. The number of piperidine rings is 1. The summed E-state index contributed by atoms with van der Waals surface area (Å²) in [5.74, 6) is -4.64. The van der Waals surface area contributed by atoms with Gasteiger partial charge in [0, 0.05) is 18.5 Å². The Labute approximate surface area is 143 Å². The van der Waals surface area contributed by atoms with Crippen LogP contribution in [-0.2, 0) is 0 Å². The number of carboxylic acids is 1. The van der Waals surface area contributed by atoms with Crippen LogP contribution in [0.2, 0.25) is 0 Å². The van der Waals surface area contributed by atoms with E-state index in [1.165, 1.54) is 12.1 Å². The smallest absolute Gasteiger partial charge is 0.335 e. The van der Waals surface area contributed by atoms with E-state index in [0.717, 1.165) is 10.5 Å². The number of aromatic carboxylic acids is 1. The number of nitrogens with zero attached hydrogens (tertiary/aromatic N) is 1. The zero-order valence-electron chi connectivity index (χ0n) is 13.4. The van der Waals surface area contributed by atoms with Crippen LogP contribution in [0.25, 0.3) is 11.1 Å². The number of rotatable bonds is 3. The topological polar surface area (TPSA) is 57.6 Å². The predicted molar refractivity (Wildman–Crippen MR) is 88.9 cm³/mol. The molecule has 1 aliphatic heterocycles. The Bertz CT molecular complexity index is 806. The van der Waals surface area contributed by atoms with Gasteiger partial charge in [0.1, 0.15) is 0 Å². The first-order valence-corrected chi connectivity index (χ1v) is 7.97. The van der Waals surface area contributed by atoms with E-state index in [1.807, 2.05) is 6.07 Å². The van der Waals surface area contributed by atoms with Crippen LogP contribution in [0.5, 0.6) is 0 Å². The summed E-state index contributed by atoms with van der Waals surface area (Å²) in [6, 6.07) is 13.3. The third kappa shape index (κ3) is 3.84. The zero-order valence-corrected chi connectivity index (χ0v) is 13.4. The Morgan fingerprint density at radius 1 is 1.00 bits per heavy atom. The lowest BCUT2D eigenvalue weighted by Gasteiger charge is -2.32. The van der Waals surface area contributed by atoms with E-state index >= 15 is 0 Å².